The van der Waals surface area contributed by atoms with Crippen LogP contribution in [-0.4, -0.2) is 27.6 Å². The number of aryl methyl sites for hydroxylation is 1. The summed E-state index contributed by atoms with van der Waals surface area (Å²) in [4.78, 5) is 17.0. The molecule has 0 unspecified atom stereocenters. The van der Waals surface area contributed by atoms with Crippen molar-refractivity contribution in [2.24, 2.45) is 0 Å². The molecule has 32 heavy (non-hydrogen) atoms. The Bertz CT molecular complexity index is 867. The van der Waals surface area contributed by atoms with E-state index in [-0.39, 0.29) is 12.3 Å². The van der Waals surface area contributed by atoms with Gasteiger partial charge in [-0.1, -0.05) is 56.2 Å². The minimum absolute atomic E-state index is 0.215. The first-order chi connectivity index (χ1) is 15.5. The van der Waals surface area contributed by atoms with E-state index in [1.807, 2.05) is 19.2 Å². The second-order valence-corrected chi connectivity index (χ2v) is 9.13. The molecule has 0 amide bonds. The lowest BCUT2D eigenvalue weighted by atomic mass is 9.73. The molecule has 2 aromatic rings. The summed E-state index contributed by atoms with van der Waals surface area (Å²) in [6, 6.07) is 12.6. The Morgan fingerprint density at radius 1 is 1.22 bits per heavy atom. The van der Waals surface area contributed by atoms with E-state index >= 15 is 0 Å². The van der Waals surface area contributed by atoms with Gasteiger partial charge in [-0.2, -0.15) is 0 Å². The van der Waals surface area contributed by atoms with Gasteiger partial charge in [-0.25, -0.2) is 4.39 Å². The second kappa shape index (κ2) is 11.5. The number of unbranched alkanes of at least 4 members (excludes halogenated alkanes) is 2. The first-order valence-electron chi connectivity index (χ1n) is 12.0. The number of allylic oxidation sites excluding steroid dienone is 1. The van der Waals surface area contributed by atoms with Crippen LogP contribution in [0.1, 0.15) is 81.8 Å². The molecule has 1 heterocycles. The molecule has 1 saturated carbocycles. The first kappa shape index (κ1) is 24.3. The maximum absolute atomic E-state index is 14.2. The predicted octanol–water partition coefficient (Wildman–Crippen LogP) is 6.74. The number of benzene rings is 1. The predicted molar refractivity (Wildman–Crippen MR) is 128 cm³/mol. The highest BCUT2D eigenvalue weighted by molar-refractivity contribution is 5.91. The van der Waals surface area contributed by atoms with E-state index in [1.54, 1.807) is 0 Å². The van der Waals surface area contributed by atoms with Crippen molar-refractivity contribution in [2.45, 2.75) is 88.8 Å². The van der Waals surface area contributed by atoms with Gasteiger partial charge in [0.15, 0.2) is 12.0 Å². The lowest BCUT2D eigenvalue weighted by Crippen LogP contribution is -2.46. The lowest BCUT2D eigenvalue weighted by Gasteiger charge is -2.35. The van der Waals surface area contributed by atoms with Crippen LogP contribution in [0.3, 0.4) is 0 Å². The number of hydrogen-bond acceptors (Lipinski definition) is 3. The number of halogens is 1. The number of Topliss-reactive ketones (excluding diaryl/α,β-unsaturated/α-hetero) is 1. The van der Waals surface area contributed by atoms with E-state index in [2.05, 4.69) is 48.0 Å². The monoisotopic (exact) mass is 437 g/mol. The van der Waals surface area contributed by atoms with Crippen LogP contribution < -0.4 is 0 Å². The van der Waals surface area contributed by atoms with Crippen molar-refractivity contribution in [1.29, 1.82) is 0 Å². The average molecular weight is 438 g/mol. The van der Waals surface area contributed by atoms with Crippen molar-refractivity contribution in [3.63, 3.8) is 0 Å². The Balaban J connectivity index is 1.57. The zero-order chi connectivity index (χ0) is 23.0. The Morgan fingerprint density at radius 2 is 1.94 bits per heavy atom. The van der Waals surface area contributed by atoms with E-state index < -0.39 is 17.6 Å². The number of aromatic nitrogens is 1. The summed E-state index contributed by atoms with van der Waals surface area (Å²) in [5.41, 5.74) is 2.97. The fourth-order valence-corrected chi connectivity index (χ4v) is 4.60. The third kappa shape index (κ3) is 6.13. The van der Waals surface area contributed by atoms with E-state index in [0.717, 1.165) is 36.9 Å². The lowest BCUT2D eigenvalue weighted by molar-refractivity contribution is -0.146. The highest BCUT2D eigenvalue weighted by Gasteiger charge is 2.43. The van der Waals surface area contributed by atoms with Gasteiger partial charge in [0.2, 0.25) is 0 Å². The summed E-state index contributed by atoms with van der Waals surface area (Å²) in [6.45, 7) is 5.73. The van der Waals surface area contributed by atoms with Crippen molar-refractivity contribution >= 4 is 5.78 Å². The summed E-state index contributed by atoms with van der Waals surface area (Å²) in [5.74, 6) is -0.329. The van der Waals surface area contributed by atoms with Crippen LogP contribution in [0, 0.1) is 0 Å². The van der Waals surface area contributed by atoms with E-state index in [0.29, 0.717) is 32.1 Å². The van der Waals surface area contributed by atoms with Gasteiger partial charge in [-0.05, 0) is 74.5 Å². The van der Waals surface area contributed by atoms with E-state index in [1.165, 1.54) is 11.1 Å². The maximum Gasteiger partial charge on any atom is 0.198 e. The molecule has 1 aliphatic carbocycles. The molecule has 3 nitrogen and oxygen atoms in total. The number of alkyl halides is 1. The van der Waals surface area contributed by atoms with Gasteiger partial charge in [0, 0.05) is 11.8 Å². The van der Waals surface area contributed by atoms with Crippen molar-refractivity contribution in [3.05, 3.63) is 66.4 Å². The summed E-state index contributed by atoms with van der Waals surface area (Å²) in [7, 11) is 0. The quantitative estimate of drug-likeness (QED) is 0.313. The van der Waals surface area contributed by atoms with Gasteiger partial charge in [0.05, 0.1) is 5.69 Å². The van der Waals surface area contributed by atoms with Gasteiger partial charge in [-0.15, -0.1) is 6.58 Å². The topological polar surface area (TPSA) is 50.2 Å². The minimum atomic E-state index is -1.54. The largest absolute Gasteiger partial charge is 0.382 e. The molecular formula is C28H36FNO2. The van der Waals surface area contributed by atoms with Crippen LogP contribution in [0.15, 0.2) is 55.3 Å². The van der Waals surface area contributed by atoms with Crippen LogP contribution in [0.2, 0.25) is 0 Å². The van der Waals surface area contributed by atoms with Gasteiger partial charge < -0.3 is 5.11 Å². The molecule has 0 radical (unpaired) electrons. The fourth-order valence-electron chi connectivity index (χ4n) is 4.60. The number of pyridine rings is 1. The standard InChI is InChI=1S/C28H36FNO2/c1-3-5-7-8-21-10-15-26(30-20-21)24-13-11-22(12-14-24)23-16-18-28(32,19-17-23)27(31)25(29)9-6-4-2/h3,10-15,20,23,25,32H,1,4-9,16-19H2,2H3/t23?,25-,28?/m0/s1. The van der Waals surface area contributed by atoms with Gasteiger partial charge >= 0.3 is 0 Å². The van der Waals surface area contributed by atoms with Gasteiger partial charge in [0.1, 0.15) is 5.60 Å². The normalized spacial score (nSPS) is 21.8. The second-order valence-electron chi connectivity index (χ2n) is 9.13. The Morgan fingerprint density at radius 3 is 2.53 bits per heavy atom. The van der Waals surface area contributed by atoms with E-state index in [4.69, 9.17) is 0 Å². The SMILES string of the molecule is C=CCCCc1ccc(-c2ccc(C3CCC(O)(C(=O)[C@@H](F)CCCC)CC3)cc2)nc1. The third-order valence-corrected chi connectivity index (χ3v) is 6.74. The molecular weight excluding hydrogens is 401 g/mol. The Kier molecular flexibility index (Phi) is 8.75. The fraction of sp³-hybridized carbons (Fsp3) is 0.500. The summed E-state index contributed by atoms with van der Waals surface area (Å²) in [6.07, 6.45) is 9.25. The number of rotatable bonds is 11. The smallest absolute Gasteiger partial charge is 0.198 e. The third-order valence-electron chi connectivity index (χ3n) is 6.74. The van der Waals surface area contributed by atoms with Crippen LogP contribution in [0.5, 0.6) is 0 Å². The molecule has 1 aromatic carbocycles. The highest BCUT2D eigenvalue weighted by Crippen LogP contribution is 2.40. The zero-order valence-corrected chi connectivity index (χ0v) is 19.2. The zero-order valence-electron chi connectivity index (χ0n) is 19.2. The Labute approximate surface area is 191 Å². The van der Waals surface area contributed by atoms with Crippen LogP contribution in [-0.2, 0) is 11.2 Å². The molecule has 0 saturated heterocycles. The highest BCUT2D eigenvalue weighted by atomic mass is 19.1. The molecule has 1 aromatic heterocycles. The number of carbonyl (C=O) groups excluding carboxylic acids is 1. The van der Waals surface area contributed by atoms with Crippen molar-refractivity contribution in [2.75, 3.05) is 0 Å². The number of aliphatic hydroxyl groups is 1. The van der Waals surface area contributed by atoms with Crippen LogP contribution >= 0.6 is 0 Å². The molecule has 0 bridgehead atoms. The maximum atomic E-state index is 14.2. The number of nitrogens with zero attached hydrogens (tertiary/aromatic N) is 1. The molecule has 1 aliphatic rings. The molecule has 0 aliphatic heterocycles. The minimum Gasteiger partial charge on any atom is -0.382 e. The van der Waals surface area contributed by atoms with Crippen molar-refractivity contribution < 1.29 is 14.3 Å². The van der Waals surface area contributed by atoms with Gasteiger partial charge in [-0.3, -0.25) is 9.78 Å². The first-order valence-corrected chi connectivity index (χ1v) is 12.0. The molecule has 1 N–H and O–H groups in total. The molecule has 1 atom stereocenters. The number of hydrogen-bond donors (Lipinski definition) is 1. The van der Waals surface area contributed by atoms with Crippen molar-refractivity contribution in [3.8, 4) is 11.3 Å². The molecule has 3 rings (SSSR count). The van der Waals surface area contributed by atoms with Gasteiger partial charge in [0.25, 0.3) is 0 Å². The number of carbonyl (C=O) groups is 1. The van der Waals surface area contributed by atoms with Crippen LogP contribution in [0.25, 0.3) is 11.3 Å². The summed E-state index contributed by atoms with van der Waals surface area (Å²) >= 11 is 0. The molecule has 4 heteroatoms. The van der Waals surface area contributed by atoms with Crippen molar-refractivity contribution in [1.82, 2.24) is 4.98 Å². The van der Waals surface area contributed by atoms with Crippen LogP contribution in [0.4, 0.5) is 4.39 Å². The Hall–Kier alpha value is -2.33. The number of ketones is 1. The summed E-state index contributed by atoms with van der Waals surface area (Å²) < 4.78 is 14.2. The molecule has 1 fully saturated rings. The average Bonchev–Trinajstić information content (AvgIpc) is 2.83. The summed E-state index contributed by atoms with van der Waals surface area (Å²) in [5, 5.41) is 10.8. The van der Waals surface area contributed by atoms with E-state index in [9.17, 15) is 14.3 Å². The molecule has 0 spiro atoms. The molecule has 172 valence electrons.